The molecule has 1 amide bonds. The first-order valence-corrected chi connectivity index (χ1v) is 9.69. The highest BCUT2D eigenvalue weighted by molar-refractivity contribution is 7.17. The maximum absolute atomic E-state index is 12.7. The Kier molecular flexibility index (Phi) is 5.06. The first-order valence-electron chi connectivity index (χ1n) is 8.12. The fourth-order valence-corrected chi connectivity index (χ4v) is 4.49. The number of rotatable bonds is 4. The van der Waals surface area contributed by atoms with E-state index in [0.29, 0.717) is 33.6 Å². The largest absolute Gasteiger partial charge is 0.451 e. The molecule has 0 saturated heterocycles. The summed E-state index contributed by atoms with van der Waals surface area (Å²) in [6, 6.07) is 12.6. The van der Waals surface area contributed by atoms with Crippen LogP contribution in [0, 0.1) is 0 Å². The maximum Gasteiger partial charge on any atom is 0.315 e. The van der Waals surface area contributed by atoms with E-state index in [2.05, 4.69) is 4.99 Å². The molecule has 27 heavy (non-hydrogen) atoms. The summed E-state index contributed by atoms with van der Waals surface area (Å²) in [6.45, 7) is 0.934. The van der Waals surface area contributed by atoms with Crippen LogP contribution in [-0.4, -0.2) is 24.2 Å². The average Bonchev–Trinajstić information content (AvgIpc) is 3.25. The molecule has 0 aliphatic heterocycles. The molecule has 0 atom stereocenters. The average molecular weight is 421 g/mol. The Morgan fingerprint density at radius 3 is 2.78 bits per heavy atom. The van der Waals surface area contributed by atoms with Crippen molar-refractivity contribution < 1.29 is 13.9 Å². The Morgan fingerprint density at radius 1 is 1.22 bits per heavy atom. The first kappa shape index (κ1) is 18.3. The van der Waals surface area contributed by atoms with Gasteiger partial charge in [-0.15, -0.1) is 0 Å². The van der Waals surface area contributed by atoms with Gasteiger partial charge in [0, 0.05) is 19.0 Å². The molecule has 0 saturated carbocycles. The monoisotopic (exact) mass is 420 g/mol. The number of fused-ring (bicyclic) bond motifs is 2. The van der Waals surface area contributed by atoms with E-state index >= 15 is 0 Å². The summed E-state index contributed by atoms with van der Waals surface area (Å²) in [4.78, 5) is 17.5. The van der Waals surface area contributed by atoms with Crippen LogP contribution < -0.4 is 4.80 Å². The van der Waals surface area contributed by atoms with Crippen LogP contribution in [0.2, 0.25) is 10.0 Å². The molecular weight excluding hydrogens is 407 g/mol. The van der Waals surface area contributed by atoms with Gasteiger partial charge in [0.2, 0.25) is 0 Å². The van der Waals surface area contributed by atoms with Crippen LogP contribution >= 0.6 is 34.5 Å². The fourth-order valence-electron chi connectivity index (χ4n) is 2.82. The van der Waals surface area contributed by atoms with Gasteiger partial charge in [0.1, 0.15) is 5.58 Å². The van der Waals surface area contributed by atoms with Crippen molar-refractivity contribution in [2.75, 3.05) is 13.7 Å². The van der Waals surface area contributed by atoms with Gasteiger partial charge >= 0.3 is 5.91 Å². The van der Waals surface area contributed by atoms with Crippen LogP contribution in [0.5, 0.6) is 0 Å². The third kappa shape index (κ3) is 3.41. The topological polar surface area (TPSA) is 56.7 Å². The van der Waals surface area contributed by atoms with Crippen LogP contribution in [0.3, 0.4) is 0 Å². The van der Waals surface area contributed by atoms with Crippen molar-refractivity contribution in [3.63, 3.8) is 0 Å². The van der Waals surface area contributed by atoms with Crippen LogP contribution in [0.1, 0.15) is 10.6 Å². The Balaban J connectivity index is 1.87. The van der Waals surface area contributed by atoms with Crippen LogP contribution in [0.25, 0.3) is 21.2 Å². The maximum atomic E-state index is 12.7. The van der Waals surface area contributed by atoms with Gasteiger partial charge in [0.05, 0.1) is 26.9 Å². The number of methoxy groups -OCH3 is 1. The predicted molar refractivity (Wildman–Crippen MR) is 108 cm³/mol. The zero-order chi connectivity index (χ0) is 19.0. The molecule has 0 bridgehead atoms. The van der Waals surface area contributed by atoms with Crippen LogP contribution in [0.4, 0.5) is 0 Å². The molecule has 0 unspecified atom stereocenters. The summed E-state index contributed by atoms with van der Waals surface area (Å²) in [6.07, 6.45) is 0. The number of nitrogens with zero attached hydrogens (tertiary/aromatic N) is 2. The van der Waals surface area contributed by atoms with Crippen molar-refractivity contribution in [3.8, 4) is 0 Å². The molecule has 0 radical (unpaired) electrons. The van der Waals surface area contributed by atoms with E-state index in [-0.39, 0.29) is 5.76 Å². The van der Waals surface area contributed by atoms with Gasteiger partial charge in [-0.05, 0) is 24.3 Å². The number of ether oxygens (including phenoxy) is 1. The lowest BCUT2D eigenvalue weighted by Crippen LogP contribution is -2.19. The number of carbonyl (C=O) groups excluding carboxylic acids is 1. The summed E-state index contributed by atoms with van der Waals surface area (Å²) in [5.41, 5.74) is 1.38. The Hall–Kier alpha value is -2.12. The molecule has 2 aromatic carbocycles. The number of hydrogen-bond donors (Lipinski definition) is 0. The highest BCUT2D eigenvalue weighted by atomic mass is 35.5. The predicted octanol–water partition coefficient (Wildman–Crippen LogP) is 5.14. The zero-order valence-electron chi connectivity index (χ0n) is 14.2. The fraction of sp³-hybridized carbons (Fsp3) is 0.158. The number of thiazole rings is 1. The summed E-state index contributed by atoms with van der Waals surface area (Å²) < 4.78 is 13.4. The lowest BCUT2D eigenvalue weighted by atomic mass is 10.2. The molecule has 4 rings (SSSR count). The number of furan rings is 1. The van der Waals surface area contributed by atoms with Gasteiger partial charge in [-0.2, -0.15) is 4.99 Å². The highest BCUT2D eigenvalue weighted by Gasteiger charge is 2.16. The molecule has 0 fully saturated rings. The summed E-state index contributed by atoms with van der Waals surface area (Å²) >= 11 is 14.0. The normalized spacial score (nSPS) is 12.3. The molecule has 138 valence electrons. The van der Waals surface area contributed by atoms with E-state index in [9.17, 15) is 4.79 Å². The molecule has 5 nitrogen and oxygen atoms in total. The third-order valence-electron chi connectivity index (χ3n) is 4.08. The van der Waals surface area contributed by atoms with E-state index in [1.165, 1.54) is 11.3 Å². The lowest BCUT2D eigenvalue weighted by molar-refractivity contribution is 0.0973. The van der Waals surface area contributed by atoms with Gasteiger partial charge in [0.25, 0.3) is 0 Å². The quantitative estimate of drug-likeness (QED) is 0.458. The minimum Gasteiger partial charge on any atom is -0.451 e. The summed E-state index contributed by atoms with van der Waals surface area (Å²) in [5.74, 6) is -0.277. The molecule has 2 heterocycles. The first-order chi connectivity index (χ1) is 13.1. The molecule has 4 aromatic rings. The van der Waals surface area contributed by atoms with E-state index in [1.807, 2.05) is 28.8 Å². The van der Waals surface area contributed by atoms with Crippen molar-refractivity contribution >= 4 is 61.6 Å². The Labute approximate surface area is 168 Å². The van der Waals surface area contributed by atoms with Gasteiger partial charge in [0.15, 0.2) is 10.6 Å². The Bertz CT molecular complexity index is 1190. The summed E-state index contributed by atoms with van der Waals surface area (Å²) in [5, 5.41) is 1.95. The van der Waals surface area contributed by atoms with Gasteiger partial charge in [-0.3, -0.25) is 4.79 Å². The zero-order valence-corrected chi connectivity index (χ0v) is 16.6. The van der Waals surface area contributed by atoms with Crippen molar-refractivity contribution in [3.05, 3.63) is 63.1 Å². The van der Waals surface area contributed by atoms with Crippen LogP contribution in [0.15, 0.2) is 51.9 Å². The Morgan fingerprint density at radius 2 is 2.00 bits per heavy atom. The van der Waals surface area contributed by atoms with Crippen molar-refractivity contribution in [2.24, 2.45) is 4.99 Å². The molecule has 0 aliphatic rings. The number of aromatic nitrogens is 1. The number of para-hydroxylation sites is 1. The molecule has 8 heteroatoms. The number of hydrogen-bond acceptors (Lipinski definition) is 4. The molecule has 0 aliphatic carbocycles. The van der Waals surface area contributed by atoms with Gasteiger partial charge < -0.3 is 13.7 Å². The second kappa shape index (κ2) is 7.48. The van der Waals surface area contributed by atoms with Crippen LogP contribution in [-0.2, 0) is 11.3 Å². The molecule has 2 aromatic heterocycles. The minimum absolute atomic E-state index is 0.184. The number of amides is 1. The van der Waals surface area contributed by atoms with E-state index in [1.54, 1.807) is 25.3 Å². The number of benzene rings is 2. The second-order valence-electron chi connectivity index (χ2n) is 5.80. The number of halogens is 2. The van der Waals surface area contributed by atoms with Crippen molar-refractivity contribution in [2.45, 2.75) is 6.54 Å². The van der Waals surface area contributed by atoms with Crippen molar-refractivity contribution in [1.82, 2.24) is 4.57 Å². The van der Waals surface area contributed by atoms with E-state index in [4.69, 9.17) is 32.4 Å². The van der Waals surface area contributed by atoms with E-state index < -0.39 is 5.91 Å². The standard InChI is InChI=1S/C19H14Cl2N2O3S/c1-25-9-8-23-16-12(20)6-7-13(21)17(16)27-19(23)22-18(24)15-10-11-4-2-3-5-14(11)26-15/h2-7,10H,8-9H2,1H3. The van der Waals surface area contributed by atoms with Gasteiger partial charge in [-0.1, -0.05) is 52.7 Å². The molecule has 0 spiro atoms. The third-order valence-corrected chi connectivity index (χ3v) is 5.92. The SMILES string of the molecule is COCCn1c(=NC(=O)c2cc3ccccc3o2)sc2c(Cl)ccc(Cl)c21. The second-order valence-corrected chi connectivity index (χ2v) is 7.59. The van der Waals surface area contributed by atoms with E-state index in [0.717, 1.165) is 15.6 Å². The summed E-state index contributed by atoms with van der Waals surface area (Å²) in [7, 11) is 1.61. The highest BCUT2D eigenvalue weighted by Crippen LogP contribution is 2.32. The minimum atomic E-state index is -0.462. The number of carbonyl (C=O) groups is 1. The lowest BCUT2D eigenvalue weighted by Gasteiger charge is -2.05. The molecule has 0 N–H and O–H groups in total. The smallest absolute Gasteiger partial charge is 0.315 e. The van der Waals surface area contributed by atoms with Crippen molar-refractivity contribution in [1.29, 1.82) is 0 Å². The van der Waals surface area contributed by atoms with Gasteiger partial charge in [-0.25, -0.2) is 0 Å². The molecular formula is C19H14Cl2N2O3S.